The second kappa shape index (κ2) is 9.63. The minimum Gasteiger partial charge on any atom is -0.361 e. The molecule has 0 radical (unpaired) electrons. The normalized spacial score (nSPS) is 18.2. The molecule has 1 saturated heterocycles. The first-order valence-corrected chi connectivity index (χ1v) is 12.8. The summed E-state index contributed by atoms with van der Waals surface area (Å²) in [6, 6.07) is 9.32. The van der Waals surface area contributed by atoms with Gasteiger partial charge in [0, 0.05) is 55.4 Å². The van der Waals surface area contributed by atoms with Gasteiger partial charge in [-0.05, 0) is 37.3 Å². The van der Waals surface area contributed by atoms with Crippen LogP contribution in [0.3, 0.4) is 0 Å². The summed E-state index contributed by atoms with van der Waals surface area (Å²) >= 11 is 1.53. The van der Waals surface area contributed by atoms with Crippen molar-refractivity contribution in [2.45, 2.75) is 57.5 Å². The number of thiazole rings is 1. The van der Waals surface area contributed by atoms with Crippen LogP contribution in [0.25, 0.3) is 10.9 Å². The van der Waals surface area contributed by atoms with Crippen LogP contribution in [-0.4, -0.2) is 59.0 Å². The van der Waals surface area contributed by atoms with Crippen LogP contribution >= 0.6 is 11.3 Å². The van der Waals surface area contributed by atoms with Crippen molar-refractivity contribution in [3.8, 4) is 0 Å². The molecule has 1 unspecified atom stereocenters. The maximum absolute atomic E-state index is 13.1. The Balaban J connectivity index is 1.22. The molecule has 2 aromatic heterocycles. The van der Waals surface area contributed by atoms with E-state index in [0.717, 1.165) is 68.6 Å². The van der Waals surface area contributed by atoms with Gasteiger partial charge >= 0.3 is 0 Å². The molecule has 1 aliphatic heterocycles. The molecular formula is C25H33N5OS. The number of nitrogens with one attached hydrogen (secondary N) is 2. The van der Waals surface area contributed by atoms with E-state index < -0.39 is 0 Å². The van der Waals surface area contributed by atoms with E-state index in [1.54, 1.807) is 6.20 Å². The van der Waals surface area contributed by atoms with Crippen molar-refractivity contribution in [3.63, 3.8) is 0 Å². The lowest BCUT2D eigenvalue weighted by Crippen LogP contribution is -2.47. The molecule has 3 aromatic rings. The van der Waals surface area contributed by atoms with Gasteiger partial charge in [-0.1, -0.05) is 49.3 Å². The number of carbonyl (C=O) groups excluding carboxylic acids is 1. The average molecular weight is 452 g/mol. The number of rotatable bonds is 9. The van der Waals surface area contributed by atoms with Crippen LogP contribution in [0.15, 0.2) is 36.7 Å². The van der Waals surface area contributed by atoms with E-state index in [9.17, 15) is 4.79 Å². The van der Waals surface area contributed by atoms with Gasteiger partial charge in [0.1, 0.15) is 4.88 Å². The third-order valence-electron chi connectivity index (χ3n) is 6.75. The monoisotopic (exact) mass is 451 g/mol. The molecule has 6 nitrogen and oxygen atoms in total. The lowest BCUT2D eigenvalue weighted by Gasteiger charge is -2.34. The molecule has 1 amide bonds. The fourth-order valence-corrected chi connectivity index (χ4v) is 5.60. The highest BCUT2D eigenvalue weighted by atomic mass is 32.1. The maximum atomic E-state index is 13.1. The van der Waals surface area contributed by atoms with Gasteiger partial charge in [-0.25, -0.2) is 4.98 Å². The number of aromatic nitrogens is 2. The topological polar surface area (TPSA) is 64.3 Å². The lowest BCUT2D eigenvalue weighted by molar-refractivity contribution is 0.0938. The fraction of sp³-hybridized carbons (Fsp3) is 0.520. The molecule has 5 rings (SSSR count). The van der Waals surface area contributed by atoms with Crippen molar-refractivity contribution >= 4 is 33.3 Å². The van der Waals surface area contributed by atoms with Gasteiger partial charge in [0.25, 0.3) is 5.91 Å². The van der Waals surface area contributed by atoms with E-state index in [-0.39, 0.29) is 11.9 Å². The van der Waals surface area contributed by atoms with Crippen LogP contribution in [-0.2, 0) is 6.42 Å². The second-order valence-electron chi connectivity index (χ2n) is 9.14. The van der Waals surface area contributed by atoms with Crippen molar-refractivity contribution in [1.82, 2.24) is 20.2 Å². The Hall–Kier alpha value is -2.38. The number of hydrogen-bond acceptors (Lipinski definition) is 5. The molecule has 1 saturated carbocycles. The third-order valence-corrected chi connectivity index (χ3v) is 7.80. The number of benzene rings is 1. The SMILES string of the molecule is CCCCC(Cc1c[nH]c2ccccc12)NC(=O)c1cnc(N2CCN(C3CC3)CC2)s1. The number of fused-ring (bicyclic) bond motifs is 1. The van der Waals surface area contributed by atoms with E-state index in [1.807, 2.05) is 6.07 Å². The Kier molecular flexibility index (Phi) is 6.46. The Morgan fingerprint density at radius 2 is 2.06 bits per heavy atom. The summed E-state index contributed by atoms with van der Waals surface area (Å²) in [6.07, 6.45) is 10.6. The predicted molar refractivity (Wildman–Crippen MR) is 132 cm³/mol. The minimum absolute atomic E-state index is 0.00584. The van der Waals surface area contributed by atoms with Gasteiger partial charge in [-0.2, -0.15) is 0 Å². The summed E-state index contributed by atoms with van der Waals surface area (Å²) in [5.74, 6) is 0.00584. The molecule has 170 valence electrons. The van der Waals surface area contributed by atoms with Gasteiger partial charge in [0.2, 0.25) is 0 Å². The van der Waals surface area contributed by atoms with E-state index in [1.165, 1.54) is 35.1 Å². The quantitative estimate of drug-likeness (QED) is 0.505. The number of para-hydroxylation sites is 1. The summed E-state index contributed by atoms with van der Waals surface area (Å²) in [4.78, 5) is 26.7. The highest BCUT2D eigenvalue weighted by molar-refractivity contribution is 7.17. The highest BCUT2D eigenvalue weighted by Gasteiger charge is 2.32. The van der Waals surface area contributed by atoms with Crippen LogP contribution in [0, 0.1) is 0 Å². The number of unbranched alkanes of at least 4 members (excludes halogenated alkanes) is 1. The largest absolute Gasteiger partial charge is 0.361 e. The molecule has 2 fully saturated rings. The molecule has 0 bridgehead atoms. The zero-order chi connectivity index (χ0) is 21.9. The first kappa shape index (κ1) is 21.5. The number of hydrogen-bond donors (Lipinski definition) is 2. The Labute approximate surface area is 194 Å². The van der Waals surface area contributed by atoms with E-state index in [2.05, 4.69) is 56.4 Å². The van der Waals surface area contributed by atoms with Crippen LogP contribution < -0.4 is 10.2 Å². The number of amides is 1. The van der Waals surface area contributed by atoms with Crippen LogP contribution in [0.2, 0.25) is 0 Å². The number of aromatic amines is 1. The number of nitrogens with zero attached hydrogens (tertiary/aromatic N) is 3. The highest BCUT2D eigenvalue weighted by Crippen LogP contribution is 2.30. The molecule has 2 N–H and O–H groups in total. The first-order chi connectivity index (χ1) is 15.7. The first-order valence-electron chi connectivity index (χ1n) is 12.0. The molecular weight excluding hydrogens is 418 g/mol. The van der Waals surface area contributed by atoms with E-state index in [0.29, 0.717) is 4.88 Å². The minimum atomic E-state index is 0.00584. The molecule has 2 aliphatic rings. The number of piperazine rings is 1. The smallest absolute Gasteiger partial charge is 0.263 e. The summed E-state index contributed by atoms with van der Waals surface area (Å²) < 4.78 is 0. The lowest BCUT2D eigenvalue weighted by atomic mass is 10.0. The summed E-state index contributed by atoms with van der Waals surface area (Å²) in [5, 5.41) is 5.53. The van der Waals surface area contributed by atoms with Gasteiger partial charge in [-0.15, -0.1) is 0 Å². The summed E-state index contributed by atoms with van der Waals surface area (Å²) in [7, 11) is 0. The molecule has 32 heavy (non-hydrogen) atoms. The van der Waals surface area contributed by atoms with Crippen molar-refractivity contribution in [3.05, 3.63) is 47.1 Å². The molecule has 1 aromatic carbocycles. The third kappa shape index (κ3) is 4.84. The van der Waals surface area contributed by atoms with Crippen LogP contribution in [0.1, 0.15) is 54.3 Å². The van der Waals surface area contributed by atoms with Crippen LogP contribution in [0.5, 0.6) is 0 Å². The Morgan fingerprint density at radius 1 is 1.25 bits per heavy atom. The molecule has 7 heteroatoms. The van der Waals surface area contributed by atoms with Gasteiger partial charge in [0.05, 0.1) is 6.20 Å². The summed E-state index contributed by atoms with van der Waals surface area (Å²) in [6.45, 7) is 6.42. The molecule has 3 heterocycles. The fourth-order valence-electron chi connectivity index (χ4n) is 4.73. The second-order valence-corrected chi connectivity index (χ2v) is 10.1. The maximum Gasteiger partial charge on any atom is 0.263 e. The molecule has 1 atom stereocenters. The van der Waals surface area contributed by atoms with Crippen molar-refractivity contribution in [2.75, 3.05) is 31.1 Å². The van der Waals surface area contributed by atoms with Crippen molar-refractivity contribution in [1.29, 1.82) is 0 Å². The van der Waals surface area contributed by atoms with E-state index in [4.69, 9.17) is 0 Å². The van der Waals surface area contributed by atoms with E-state index >= 15 is 0 Å². The van der Waals surface area contributed by atoms with Gasteiger partial charge in [0.15, 0.2) is 5.13 Å². The van der Waals surface area contributed by atoms with Crippen molar-refractivity contribution < 1.29 is 4.79 Å². The molecule has 1 aliphatic carbocycles. The zero-order valence-electron chi connectivity index (χ0n) is 18.8. The average Bonchev–Trinajstić information content (AvgIpc) is 3.41. The van der Waals surface area contributed by atoms with Gasteiger partial charge in [-0.3, -0.25) is 9.69 Å². The van der Waals surface area contributed by atoms with Gasteiger partial charge < -0.3 is 15.2 Å². The Morgan fingerprint density at radius 3 is 2.84 bits per heavy atom. The number of H-pyrrole nitrogens is 1. The number of carbonyl (C=O) groups is 1. The zero-order valence-corrected chi connectivity index (χ0v) is 19.7. The van der Waals surface area contributed by atoms with Crippen LogP contribution in [0.4, 0.5) is 5.13 Å². The number of anilines is 1. The van der Waals surface area contributed by atoms with Crippen molar-refractivity contribution in [2.24, 2.45) is 0 Å². The predicted octanol–water partition coefficient (Wildman–Crippen LogP) is 4.44. The standard InChI is InChI=1S/C25H33N5OS/c1-2-3-6-19(15-18-16-26-22-8-5-4-7-21(18)22)28-24(31)23-17-27-25(32-23)30-13-11-29(12-14-30)20-9-10-20/h4-5,7-8,16-17,19-20,26H,2-3,6,9-15H2,1H3,(H,28,31). The molecule has 0 spiro atoms. The Bertz CT molecular complexity index is 1050. The summed E-state index contributed by atoms with van der Waals surface area (Å²) in [5.41, 5.74) is 2.41.